The van der Waals surface area contributed by atoms with Gasteiger partial charge in [0.2, 0.25) is 0 Å². The Kier molecular flexibility index (Phi) is 6.17. The second kappa shape index (κ2) is 9.36. The minimum absolute atomic E-state index is 0.0142. The van der Waals surface area contributed by atoms with Gasteiger partial charge in [0.05, 0.1) is 48.9 Å². The molecule has 2 fully saturated rings. The lowest BCUT2D eigenvalue weighted by Crippen LogP contribution is -2.58. The van der Waals surface area contributed by atoms with Crippen LogP contribution in [0.5, 0.6) is 5.75 Å². The standard InChI is InChI=1S/C27H29F2N7O3S/c1-16-20-11-31-36(23(20)9-22(32-16)21-10-30-6-5-24(21)39-3)26-8-19(7-25(33-26)34-14-27(28,29)15-34)35-12-18(17(35)2)13-40(4,37)38/h5-11,17-18H,12-15H2,1-4H3/t17-,18-/m1/s1. The van der Waals surface area contributed by atoms with E-state index >= 15 is 0 Å². The number of alkyl halides is 2. The third kappa shape index (κ3) is 4.72. The minimum atomic E-state index is -3.12. The molecule has 6 heterocycles. The van der Waals surface area contributed by atoms with Crippen molar-refractivity contribution in [3.8, 4) is 22.8 Å². The van der Waals surface area contributed by atoms with Crippen LogP contribution in [0.2, 0.25) is 0 Å². The lowest BCUT2D eigenvalue weighted by Gasteiger charge is -2.48. The molecule has 2 aliphatic rings. The van der Waals surface area contributed by atoms with Crippen molar-refractivity contribution in [1.82, 2.24) is 24.7 Å². The van der Waals surface area contributed by atoms with E-state index in [0.717, 1.165) is 27.8 Å². The van der Waals surface area contributed by atoms with Crippen molar-refractivity contribution in [2.75, 3.05) is 48.6 Å². The molecule has 40 heavy (non-hydrogen) atoms. The second-order valence-corrected chi connectivity index (χ2v) is 12.8. The average molecular weight is 570 g/mol. The number of sulfone groups is 1. The molecule has 0 N–H and O–H groups in total. The van der Waals surface area contributed by atoms with E-state index in [-0.39, 0.29) is 17.7 Å². The maximum Gasteiger partial charge on any atom is 0.282 e. The molecule has 0 saturated carbocycles. The first-order valence-corrected chi connectivity index (χ1v) is 14.9. The summed E-state index contributed by atoms with van der Waals surface area (Å²) in [7, 11) is -1.53. The number of pyridine rings is 3. The maximum atomic E-state index is 13.8. The molecule has 0 unspecified atom stereocenters. The molecule has 210 valence electrons. The normalized spacial score (nSPS) is 20.4. The van der Waals surface area contributed by atoms with Crippen molar-refractivity contribution in [3.05, 3.63) is 48.5 Å². The molecule has 2 aliphatic heterocycles. The molecule has 0 bridgehead atoms. The molecule has 4 aromatic rings. The zero-order valence-corrected chi connectivity index (χ0v) is 23.4. The van der Waals surface area contributed by atoms with Crippen LogP contribution in [0.4, 0.5) is 20.3 Å². The summed E-state index contributed by atoms with van der Waals surface area (Å²) in [5, 5.41) is 5.43. The molecular formula is C27H29F2N7O3S. The van der Waals surface area contributed by atoms with Gasteiger partial charge in [0.15, 0.2) is 5.82 Å². The zero-order valence-electron chi connectivity index (χ0n) is 22.5. The Morgan fingerprint density at radius 2 is 1.88 bits per heavy atom. The number of methoxy groups -OCH3 is 1. The van der Waals surface area contributed by atoms with Gasteiger partial charge < -0.3 is 14.5 Å². The molecule has 0 radical (unpaired) electrons. The monoisotopic (exact) mass is 569 g/mol. The van der Waals surface area contributed by atoms with Gasteiger partial charge in [-0.15, -0.1) is 0 Å². The fourth-order valence-corrected chi connectivity index (χ4v) is 6.62. The number of hydrogen-bond donors (Lipinski definition) is 0. The first-order chi connectivity index (χ1) is 18.9. The summed E-state index contributed by atoms with van der Waals surface area (Å²) in [6, 6.07) is 7.26. The SMILES string of the molecule is COc1ccncc1-c1cc2c(cnn2-c2cc(N3C[C@H](CS(C)(=O)=O)[C@H]3C)cc(N3CC(F)(F)C3)n2)c(C)n1. The number of anilines is 2. The van der Waals surface area contributed by atoms with Crippen molar-refractivity contribution in [3.63, 3.8) is 0 Å². The first kappa shape index (κ1) is 26.4. The highest BCUT2D eigenvalue weighted by Gasteiger charge is 2.45. The predicted molar refractivity (Wildman–Crippen MR) is 148 cm³/mol. The maximum absolute atomic E-state index is 13.8. The summed E-state index contributed by atoms with van der Waals surface area (Å²) < 4.78 is 58.5. The number of nitrogens with zero attached hydrogens (tertiary/aromatic N) is 7. The third-order valence-electron chi connectivity index (χ3n) is 7.66. The summed E-state index contributed by atoms with van der Waals surface area (Å²) in [5.41, 5.74) is 3.64. The molecule has 6 rings (SSSR count). The van der Waals surface area contributed by atoms with Gasteiger partial charge in [-0.3, -0.25) is 9.97 Å². The number of ether oxygens (including phenoxy) is 1. The number of fused-ring (bicyclic) bond motifs is 1. The van der Waals surface area contributed by atoms with Crippen LogP contribution in [0.25, 0.3) is 28.0 Å². The smallest absolute Gasteiger partial charge is 0.282 e. The summed E-state index contributed by atoms with van der Waals surface area (Å²) in [4.78, 5) is 17.3. The largest absolute Gasteiger partial charge is 0.496 e. The van der Waals surface area contributed by atoms with E-state index in [1.54, 1.807) is 42.5 Å². The number of aryl methyl sites for hydroxylation is 1. The summed E-state index contributed by atoms with van der Waals surface area (Å²) in [5.74, 6) is -1.17. The lowest BCUT2D eigenvalue weighted by atomic mass is 9.91. The second-order valence-electron chi connectivity index (χ2n) is 10.7. The topological polar surface area (TPSA) is 106 Å². The van der Waals surface area contributed by atoms with E-state index in [9.17, 15) is 17.2 Å². The summed E-state index contributed by atoms with van der Waals surface area (Å²) >= 11 is 0. The molecule has 10 nitrogen and oxygen atoms in total. The highest BCUT2D eigenvalue weighted by Crippen LogP contribution is 2.38. The van der Waals surface area contributed by atoms with E-state index in [1.165, 1.54) is 11.2 Å². The molecule has 0 spiro atoms. The van der Waals surface area contributed by atoms with Gasteiger partial charge in [-0.05, 0) is 26.0 Å². The Bertz CT molecular complexity index is 1720. The minimum Gasteiger partial charge on any atom is -0.496 e. The third-order valence-corrected chi connectivity index (χ3v) is 8.69. The van der Waals surface area contributed by atoms with Crippen molar-refractivity contribution < 1.29 is 21.9 Å². The molecular weight excluding hydrogens is 540 g/mol. The molecule has 0 aromatic carbocycles. The van der Waals surface area contributed by atoms with Crippen molar-refractivity contribution in [1.29, 1.82) is 0 Å². The molecule has 4 aromatic heterocycles. The van der Waals surface area contributed by atoms with Gasteiger partial charge in [-0.25, -0.2) is 26.9 Å². The van der Waals surface area contributed by atoms with Crippen LogP contribution in [0.3, 0.4) is 0 Å². The molecule has 13 heteroatoms. The number of aromatic nitrogens is 5. The Labute approximate surface area is 230 Å². The Hall–Kier alpha value is -3.87. The fourth-order valence-electron chi connectivity index (χ4n) is 5.46. The lowest BCUT2D eigenvalue weighted by molar-refractivity contribution is -0.0267. The molecule has 0 amide bonds. The van der Waals surface area contributed by atoms with Gasteiger partial charge in [0, 0.05) is 66.1 Å². The van der Waals surface area contributed by atoms with Crippen LogP contribution in [-0.4, -0.2) is 83.9 Å². The van der Waals surface area contributed by atoms with Crippen molar-refractivity contribution >= 4 is 32.2 Å². The van der Waals surface area contributed by atoms with Gasteiger partial charge >= 0.3 is 0 Å². The summed E-state index contributed by atoms with van der Waals surface area (Å²) in [6.45, 7) is 3.58. The van der Waals surface area contributed by atoms with Crippen molar-refractivity contribution in [2.45, 2.75) is 25.8 Å². The van der Waals surface area contributed by atoms with Crippen LogP contribution >= 0.6 is 0 Å². The number of rotatable bonds is 7. The van der Waals surface area contributed by atoms with Gasteiger partial charge in [0.1, 0.15) is 21.4 Å². The summed E-state index contributed by atoms with van der Waals surface area (Å²) in [6.07, 6.45) is 6.28. The van der Waals surface area contributed by atoms with E-state index in [4.69, 9.17) is 14.7 Å². The van der Waals surface area contributed by atoms with Crippen molar-refractivity contribution in [2.24, 2.45) is 5.92 Å². The van der Waals surface area contributed by atoms with Crippen LogP contribution < -0.4 is 14.5 Å². The highest BCUT2D eigenvalue weighted by molar-refractivity contribution is 7.90. The van der Waals surface area contributed by atoms with Gasteiger partial charge in [-0.2, -0.15) is 5.10 Å². The average Bonchev–Trinajstić information content (AvgIpc) is 3.33. The van der Waals surface area contributed by atoms with Crippen LogP contribution in [0.15, 0.2) is 42.9 Å². The van der Waals surface area contributed by atoms with E-state index in [2.05, 4.69) is 15.0 Å². The molecule has 0 aliphatic carbocycles. The van der Waals surface area contributed by atoms with E-state index in [0.29, 0.717) is 29.6 Å². The quantitative estimate of drug-likeness (QED) is 0.331. The van der Waals surface area contributed by atoms with Crippen LogP contribution in [0, 0.1) is 12.8 Å². The van der Waals surface area contributed by atoms with Crippen LogP contribution in [-0.2, 0) is 9.84 Å². The predicted octanol–water partition coefficient (Wildman–Crippen LogP) is 3.52. The Balaban J connectivity index is 1.44. The van der Waals surface area contributed by atoms with E-state index in [1.807, 2.05) is 26.0 Å². The fraction of sp³-hybridized carbons (Fsp3) is 0.407. The zero-order chi connectivity index (χ0) is 28.4. The van der Waals surface area contributed by atoms with Gasteiger partial charge in [0.25, 0.3) is 5.92 Å². The van der Waals surface area contributed by atoms with Gasteiger partial charge in [-0.1, -0.05) is 0 Å². The Morgan fingerprint density at radius 1 is 1.12 bits per heavy atom. The molecule has 2 atom stereocenters. The highest BCUT2D eigenvalue weighted by atomic mass is 32.2. The number of halogens is 2. The molecule has 2 saturated heterocycles. The first-order valence-electron chi connectivity index (χ1n) is 12.9. The van der Waals surface area contributed by atoms with Crippen LogP contribution in [0.1, 0.15) is 12.6 Å². The van der Waals surface area contributed by atoms with E-state index < -0.39 is 28.8 Å². The number of hydrogen-bond acceptors (Lipinski definition) is 9. The Morgan fingerprint density at radius 3 is 2.55 bits per heavy atom.